The summed E-state index contributed by atoms with van der Waals surface area (Å²) < 4.78 is 31.2. The molecule has 0 fully saturated rings. The smallest absolute Gasteiger partial charge is 0.214 e. The van der Waals surface area contributed by atoms with Crippen LogP contribution in [0.5, 0.6) is 0 Å². The van der Waals surface area contributed by atoms with Gasteiger partial charge in [0.1, 0.15) is 0 Å². The molecule has 5 nitrogen and oxygen atoms in total. The highest BCUT2D eigenvalue weighted by atomic mass is 32.2. The quantitative estimate of drug-likeness (QED) is 0.652. The van der Waals surface area contributed by atoms with Crippen LogP contribution in [0.4, 0.5) is 0 Å². The van der Waals surface area contributed by atoms with Crippen molar-refractivity contribution in [2.24, 2.45) is 5.73 Å². The van der Waals surface area contributed by atoms with Gasteiger partial charge in [0.25, 0.3) is 0 Å². The third-order valence-corrected chi connectivity index (χ3v) is 5.11. The van der Waals surface area contributed by atoms with E-state index in [-0.39, 0.29) is 5.75 Å². The Morgan fingerprint density at radius 1 is 1.29 bits per heavy atom. The third-order valence-electron chi connectivity index (χ3n) is 3.04. The molecule has 0 aliphatic heterocycles. The molecular weight excluding hydrogens is 308 g/mol. The topological polar surface area (TPSA) is 72.6 Å². The zero-order chi connectivity index (χ0) is 15.7. The monoisotopic (exact) mass is 330 g/mol. The van der Waals surface area contributed by atoms with Crippen molar-refractivity contribution in [1.82, 2.24) is 4.31 Å². The summed E-state index contributed by atoms with van der Waals surface area (Å²) in [6.07, 6.45) is 0.864. The number of ether oxygens (including phenoxy) is 1. The van der Waals surface area contributed by atoms with Gasteiger partial charge in [0.15, 0.2) is 0 Å². The highest BCUT2D eigenvalue weighted by molar-refractivity contribution is 7.89. The van der Waals surface area contributed by atoms with E-state index in [1.165, 1.54) is 4.31 Å². The predicted octanol–water partition coefficient (Wildman–Crippen LogP) is 1.18. The van der Waals surface area contributed by atoms with Crippen molar-refractivity contribution >= 4 is 27.2 Å². The second-order valence-electron chi connectivity index (χ2n) is 4.66. The molecule has 7 heteroatoms. The van der Waals surface area contributed by atoms with Gasteiger partial charge in [0.2, 0.25) is 10.0 Å². The van der Waals surface area contributed by atoms with Crippen LogP contribution in [0.15, 0.2) is 30.3 Å². The average Bonchev–Trinajstić information content (AvgIpc) is 2.46. The van der Waals surface area contributed by atoms with Gasteiger partial charge in [0.05, 0.1) is 17.3 Å². The molecule has 1 aromatic carbocycles. The predicted molar refractivity (Wildman–Crippen MR) is 88.8 cm³/mol. The summed E-state index contributed by atoms with van der Waals surface area (Å²) in [4.78, 5) is 0.315. The summed E-state index contributed by atoms with van der Waals surface area (Å²) in [5, 5.41) is 0. The minimum atomic E-state index is -3.35. The standard InChI is InChI=1S/C14H22N2O3S2/c1-19-11-10-16(9-7-14(15)20)21(17,18)12-8-13-5-3-2-4-6-13/h2-6H,7-12H2,1H3,(H2,15,20). The molecule has 0 spiro atoms. The van der Waals surface area contributed by atoms with Crippen molar-refractivity contribution in [1.29, 1.82) is 0 Å². The maximum atomic E-state index is 12.4. The molecule has 0 atom stereocenters. The van der Waals surface area contributed by atoms with Crippen LogP contribution in [0, 0.1) is 0 Å². The molecule has 0 saturated carbocycles. The van der Waals surface area contributed by atoms with Crippen molar-refractivity contribution in [3.63, 3.8) is 0 Å². The number of nitrogens with zero attached hydrogens (tertiary/aromatic N) is 1. The van der Waals surface area contributed by atoms with Gasteiger partial charge < -0.3 is 10.5 Å². The van der Waals surface area contributed by atoms with Crippen LogP contribution in [0.25, 0.3) is 0 Å². The Hall–Kier alpha value is -1.02. The lowest BCUT2D eigenvalue weighted by Gasteiger charge is -2.21. The van der Waals surface area contributed by atoms with Crippen molar-refractivity contribution in [3.8, 4) is 0 Å². The van der Waals surface area contributed by atoms with Crippen LogP contribution in [0.3, 0.4) is 0 Å². The van der Waals surface area contributed by atoms with Gasteiger partial charge in [0, 0.05) is 26.6 Å². The van der Waals surface area contributed by atoms with Crippen LogP contribution in [-0.2, 0) is 21.2 Å². The van der Waals surface area contributed by atoms with Gasteiger partial charge in [-0.1, -0.05) is 42.5 Å². The molecule has 1 aromatic rings. The molecule has 1 rings (SSSR count). The number of hydrogen-bond donors (Lipinski definition) is 1. The van der Waals surface area contributed by atoms with Crippen LogP contribution in [-0.4, -0.2) is 50.3 Å². The second kappa shape index (κ2) is 9.09. The first-order chi connectivity index (χ1) is 9.95. The van der Waals surface area contributed by atoms with Crippen LogP contribution in [0.2, 0.25) is 0 Å². The summed E-state index contributed by atoms with van der Waals surface area (Å²) in [5.74, 6) is 0.0675. The maximum Gasteiger partial charge on any atom is 0.214 e. The Balaban J connectivity index is 2.66. The lowest BCUT2D eigenvalue weighted by molar-refractivity contribution is 0.179. The van der Waals surface area contributed by atoms with Gasteiger partial charge in [-0.2, -0.15) is 4.31 Å². The molecule has 0 aliphatic carbocycles. The number of sulfonamides is 1. The fraction of sp³-hybridized carbons (Fsp3) is 0.500. The summed E-state index contributed by atoms with van der Waals surface area (Å²) in [5.41, 5.74) is 6.46. The minimum absolute atomic E-state index is 0.0675. The van der Waals surface area contributed by atoms with E-state index in [2.05, 4.69) is 0 Å². The number of nitrogens with two attached hydrogens (primary N) is 1. The zero-order valence-corrected chi connectivity index (χ0v) is 13.8. The minimum Gasteiger partial charge on any atom is -0.393 e. The SMILES string of the molecule is COCCN(CCC(N)=S)S(=O)(=O)CCc1ccccc1. The van der Waals surface area contributed by atoms with Crippen molar-refractivity contribution < 1.29 is 13.2 Å². The van der Waals surface area contributed by atoms with E-state index in [0.717, 1.165) is 5.56 Å². The van der Waals surface area contributed by atoms with Crippen LogP contribution < -0.4 is 5.73 Å². The Labute approximate surface area is 132 Å². The van der Waals surface area contributed by atoms with E-state index in [1.54, 1.807) is 7.11 Å². The molecule has 0 saturated heterocycles. The summed E-state index contributed by atoms with van der Waals surface area (Å²) >= 11 is 4.82. The molecular formula is C14H22N2O3S2. The fourth-order valence-corrected chi connectivity index (χ4v) is 3.40. The lowest BCUT2D eigenvalue weighted by Crippen LogP contribution is -2.38. The number of thiocarbonyl (C=S) groups is 1. The molecule has 0 bridgehead atoms. The Bertz CT molecular complexity index is 532. The van der Waals surface area contributed by atoms with E-state index in [9.17, 15) is 8.42 Å². The second-order valence-corrected chi connectivity index (χ2v) is 7.27. The van der Waals surface area contributed by atoms with Crippen LogP contribution >= 0.6 is 12.2 Å². The summed E-state index contributed by atoms with van der Waals surface area (Å²) in [6, 6.07) is 9.55. The first-order valence-corrected chi connectivity index (χ1v) is 8.76. The fourth-order valence-electron chi connectivity index (χ4n) is 1.84. The molecule has 2 N–H and O–H groups in total. The van der Waals surface area contributed by atoms with Gasteiger partial charge >= 0.3 is 0 Å². The average molecular weight is 330 g/mol. The van der Waals surface area contributed by atoms with Crippen molar-refractivity contribution in [2.75, 3.05) is 32.6 Å². The normalized spacial score (nSPS) is 11.7. The van der Waals surface area contributed by atoms with Gasteiger partial charge in [-0.25, -0.2) is 8.42 Å². The van der Waals surface area contributed by atoms with E-state index >= 15 is 0 Å². The van der Waals surface area contributed by atoms with Gasteiger partial charge in [-0.3, -0.25) is 0 Å². The number of aryl methyl sites for hydroxylation is 1. The summed E-state index contributed by atoms with van der Waals surface area (Å²) in [7, 11) is -1.81. The molecule has 21 heavy (non-hydrogen) atoms. The van der Waals surface area contributed by atoms with Crippen molar-refractivity contribution in [2.45, 2.75) is 12.8 Å². The molecule has 0 radical (unpaired) electrons. The Morgan fingerprint density at radius 3 is 2.52 bits per heavy atom. The van der Waals surface area contributed by atoms with E-state index in [4.69, 9.17) is 22.7 Å². The first kappa shape index (κ1) is 18.0. The van der Waals surface area contributed by atoms with E-state index in [0.29, 0.717) is 37.5 Å². The van der Waals surface area contributed by atoms with E-state index in [1.807, 2.05) is 30.3 Å². The molecule has 0 amide bonds. The largest absolute Gasteiger partial charge is 0.393 e. The highest BCUT2D eigenvalue weighted by Gasteiger charge is 2.21. The highest BCUT2D eigenvalue weighted by Crippen LogP contribution is 2.08. The Morgan fingerprint density at radius 2 is 1.95 bits per heavy atom. The molecule has 0 unspecified atom stereocenters. The molecule has 0 aromatic heterocycles. The molecule has 0 heterocycles. The summed E-state index contributed by atoms with van der Waals surface area (Å²) in [6.45, 7) is 0.966. The lowest BCUT2D eigenvalue weighted by atomic mass is 10.2. The van der Waals surface area contributed by atoms with Gasteiger partial charge in [-0.15, -0.1) is 0 Å². The third kappa shape index (κ3) is 6.99. The van der Waals surface area contributed by atoms with E-state index < -0.39 is 10.0 Å². The molecule has 0 aliphatic rings. The molecule has 118 valence electrons. The van der Waals surface area contributed by atoms with Crippen LogP contribution in [0.1, 0.15) is 12.0 Å². The zero-order valence-electron chi connectivity index (χ0n) is 12.2. The number of methoxy groups -OCH3 is 1. The first-order valence-electron chi connectivity index (χ1n) is 6.74. The van der Waals surface area contributed by atoms with Crippen molar-refractivity contribution in [3.05, 3.63) is 35.9 Å². The maximum absolute atomic E-state index is 12.4. The van der Waals surface area contributed by atoms with Gasteiger partial charge in [-0.05, 0) is 12.0 Å². The Kier molecular flexibility index (Phi) is 7.81. The number of rotatable bonds is 10. The number of benzene rings is 1. The number of hydrogen-bond acceptors (Lipinski definition) is 4.